The number of ether oxygens (including phenoxy) is 1. The molecule has 2 unspecified atom stereocenters. The number of carbonyl (C=O) groups is 1. The molecule has 2 aliphatic rings. The number of hydrogen-bond donors (Lipinski definition) is 2. The van der Waals surface area contributed by atoms with Gasteiger partial charge in [0.25, 0.3) is 0 Å². The molecule has 0 aliphatic carbocycles. The number of anilines is 1. The first-order valence-electron chi connectivity index (χ1n) is 10.2. The molecule has 158 valence electrons. The Kier molecular flexibility index (Phi) is 7.39. The topological polar surface area (TPSA) is 98.5 Å². The number of hydrogen-bond acceptors (Lipinski definition) is 7. The molecule has 7 nitrogen and oxygen atoms in total. The molecular weight excluding hydrogens is 380 g/mol. The highest BCUT2D eigenvalue weighted by Gasteiger charge is 2.22. The van der Waals surface area contributed by atoms with Crippen LogP contribution in [0.4, 0.5) is 5.82 Å². The number of piperidine rings is 1. The molecule has 0 spiro atoms. The minimum absolute atomic E-state index is 0.197. The normalized spacial score (nSPS) is 26.3. The van der Waals surface area contributed by atoms with E-state index in [-0.39, 0.29) is 18.6 Å². The van der Waals surface area contributed by atoms with Crippen molar-refractivity contribution in [3.63, 3.8) is 0 Å². The van der Waals surface area contributed by atoms with Crippen LogP contribution in [0.5, 0.6) is 0 Å². The van der Waals surface area contributed by atoms with Gasteiger partial charge in [-0.25, -0.2) is 9.78 Å². The van der Waals surface area contributed by atoms with E-state index in [2.05, 4.69) is 21.3 Å². The van der Waals surface area contributed by atoms with Crippen molar-refractivity contribution in [1.29, 1.82) is 5.26 Å². The van der Waals surface area contributed by atoms with Crippen LogP contribution in [0.1, 0.15) is 32.3 Å². The molecule has 1 fully saturated rings. The average molecular weight is 409 g/mol. The molecule has 1 saturated heterocycles. The standard InChI is InChI=1S/C23H28N4O3/c1-16-9-11-30-23(29)17(2)5-7-20(16)21(28)14-25-19-4-3-10-27(15-19)22-8-6-18(12-24)13-26-22/h5-9,13,19,21,25,28H,3-4,10-11,14-15H2,1-2H3/b16-9+,17-5+,20-7+. The first-order valence-corrected chi connectivity index (χ1v) is 10.2. The number of carbonyl (C=O) groups excluding carboxylic acids is 1. The SMILES string of the molecule is C\C1=C/C=C(C(O)CNC2CCCN(c3ccc(C#N)cn3)C2)\C(C)=C\COC1=O. The molecule has 0 bridgehead atoms. The summed E-state index contributed by atoms with van der Waals surface area (Å²) >= 11 is 0. The zero-order valence-electron chi connectivity index (χ0n) is 17.5. The number of aromatic nitrogens is 1. The highest BCUT2D eigenvalue weighted by Crippen LogP contribution is 2.20. The van der Waals surface area contributed by atoms with E-state index in [4.69, 9.17) is 10.00 Å². The van der Waals surface area contributed by atoms with Crippen LogP contribution in [0.3, 0.4) is 0 Å². The van der Waals surface area contributed by atoms with Crippen LogP contribution in [-0.2, 0) is 9.53 Å². The van der Waals surface area contributed by atoms with Gasteiger partial charge in [0.1, 0.15) is 18.5 Å². The first-order chi connectivity index (χ1) is 14.5. The van der Waals surface area contributed by atoms with Crippen LogP contribution in [-0.4, -0.2) is 54.4 Å². The molecule has 7 heteroatoms. The van der Waals surface area contributed by atoms with Gasteiger partial charge in [-0.05, 0) is 56.0 Å². The second kappa shape index (κ2) is 10.2. The summed E-state index contributed by atoms with van der Waals surface area (Å²) in [5.41, 5.74) is 2.74. The van der Waals surface area contributed by atoms with E-state index in [1.165, 1.54) is 0 Å². The molecular formula is C23H28N4O3. The number of pyridine rings is 1. The molecule has 1 aromatic rings. The molecule has 30 heavy (non-hydrogen) atoms. The van der Waals surface area contributed by atoms with Crippen molar-refractivity contribution in [2.45, 2.75) is 38.8 Å². The predicted octanol–water partition coefficient (Wildman–Crippen LogP) is 2.25. The van der Waals surface area contributed by atoms with E-state index < -0.39 is 6.10 Å². The van der Waals surface area contributed by atoms with E-state index in [1.54, 1.807) is 31.3 Å². The fourth-order valence-corrected chi connectivity index (χ4v) is 3.64. The summed E-state index contributed by atoms with van der Waals surface area (Å²) in [5, 5.41) is 23.2. The minimum atomic E-state index is -0.693. The highest BCUT2D eigenvalue weighted by atomic mass is 16.5. The zero-order valence-corrected chi connectivity index (χ0v) is 17.5. The van der Waals surface area contributed by atoms with E-state index in [0.717, 1.165) is 42.9 Å². The van der Waals surface area contributed by atoms with Crippen LogP contribution in [0, 0.1) is 11.3 Å². The number of allylic oxidation sites excluding steroid dienone is 2. The fraction of sp³-hybridized carbons (Fsp3) is 0.435. The number of nitrogens with zero attached hydrogens (tertiary/aromatic N) is 3. The van der Waals surface area contributed by atoms with Gasteiger partial charge < -0.3 is 20.1 Å². The van der Waals surface area contributed by atoms with E-state index in [9.17, 15) is 9.90 Å². The Balaban J connectivity index is 1.61. The van der Waals surface area contributed by atoms with Crippen LogP contribution >= 0.6 is 0 Å². The fourth-order valence-electron chi connectivity index (χ4n) is 3.64. The third kappa shape index (κ3) is 5.56. The maximum atomic E-state index is 11.8. The van der Waals surface area contributed by atoms with Gasteiger partial charge in [0.2, 0.25) is 0 Å². The largest absolute Gasteiger partial charge is 0.458 e. The maximum Gasteiger partial charge on any atom is 0.334 e. The second-order valence-electron chi connectivity index (χ2n) is 7.68. The third-order valence-corrected chi connectivity index (χ3v) is 5.48. The van der Waals surface area contributed by atoms with Gasteiger partial charge in [0, 0.05) is 37.4 Å². The Morgan fingerprint density at radius 1 is 1.37 bits per heavy atom. The summed E-state index contributed by atoms with van der Waals surface area (Å²) in [6.07, 6.45) is 8.27. The van der Waals surface area contributed by atoms with Gasteiger partial charge in [0.05, 0.1) is 11.7 Å². The van der Waals surface area contributed by atoms with Crippen molar-refractivity contribution in [1.82, 2.24) is 10.3 Å². The third-order valence-electron chi connectivity index (χ3n) is 5.48. The lowest BCUT2D eigenvalue weighted by Crippen LogP contribution is -2.48. The number of aliphatic hydroxyl groups excluding tert-OH is 1. The summed E-state index contributed by atoms with van der Waals surface area (Å²) in [5.74, 6) is 0.520. The number of esters is 1. The number of aliphatic hydroxyl groups is 1. The van der Waals surface area contributed by atoms with Gasteiger partial charge in [0.15, 0.2) is 0 Å². The Labute approximate surface area is 177 Å². The van der Waals surface area contributed by atoms with Gasteiger partial charge in [-0.2, -0.15) is 5.26 Å². The van der Waals surface area contributed by atoms with Crippen molar-refractivity contribution in [3.05, 3.63) is 58.8 Å². The highest BCUT2D eigenvalue weighted by molar-refractivity contribution is 5.88. The lowest BCUT2D eigenvalue weighted by Gasteiger charge is -2.34. The number of nitrogens with one attached hydrogen (secondary N) is 1. The Bertz CT molecular complexity index is 896. The van der Waals surface area contributed by atoms with Crippen molar-refractivity contribution in [2.75, 3.05) is 31.1 Å². The van der Waals surface area contributed by atoms with Gasteiger partial charge >= 0.3 is 5.97 Å². The van der Waals surface area contributed by atoms with Crippen molar-refractivity contribution >= 4 is 11.8 Å². The smallest absolute Gasteiger partial charge is 0.334 e. The Morgan fingerprint density at radius 3 is 2.93 bits per heavy atom. The second-order valence-corrected chi connectivity index (χ2v) is 7.68. The van der Waals surface area contributed by atoms with E-state index in [0.29, 0.717) is 17.7 Å². The number of cyclic esters (lactones) is 1. The van der Waals surface area contributed by atoms with Gasteiger partial charge in [-0.1, -0.05) is 12.2 Å². The molecule has 2 atom stereocenters. The molecule has 0 radical (unpaired) electrons. The predicted molar refractivity (Wildman–Crippen MR) is 115 cm³/mol. The van der Waals surface area contributed by atoms with E-state index in [1.807, 2.05) is 19.1 Å². The number of nitriles is 1. The van der Waals surface area contributed by atoms with Crippen molar-refractivity contribution in [3.8, 4) is 6.07 Å². The van der Waals surface area contributed by atoms with Gasteiger partial charge in [-0.3, -0.25) is 0 Å². The number of rotatable bonds is 5. The maximum absolute atomic E-state index is 11.8. The molecule has 1 aromatic heterocycles. The van der Waals surface area contributed by atoms with Crippen LogP contribution in [0.15, 0.2) is 53.3 Å². The summed E-state index contributed by atoms with van der Waals surface area (Å²) < 4.78 is 5.15. The van der Waals surface area contributed by atoms with Crippen molar-refractivity contribution in [2.24, 2.45) is 0 Å². The minimum Gasteiger partial charge on any atom is -0.458 e. The molecule has 2 aliphatic heterocycles. The summed E-state index contributed by atoms with van der Waals surface area (Å²) in [4.78, 5) is 18.4. The van der Waals surface area contributed by atoms with Crippen LogP contribution in [0.2, 0.25) is 0 Å². The molecule has 0 aromatic carbocycles. The average Bonchev–Trinajstić information content (AvgIpc) is 2.83. The zero-order chi connectivity index (χ0) is 21.5. The molecule has 3 heterocycles. The Morgan fingerprint density at radius 2 is 2.20 bits per heavy atom. The Hall–Kier alpha value is -2.95. The first kappa shape index (κ1) is 21.8. The van der Waals surface area contributed by atoms with Gasteiger partial charge in [-0.15, -0.1) is 0 Å². The van der Waals surface area contributed by atoms with Crippen LogP contribution in [0.25, 0.3) is 0 Å². The molecule has 0 amide bonds. The van der Waals surface area contributed by atoms with E-state index >= 15 is 0 Å². The monoisotopic (exact) mass is 408 g/mol. The summed E-state index contributed by atoms with van der Waals surface area (Å²) in [6, 6.07) is 5.98. The lowest BCUT2D eigenvalue weighted by atomic mass is 9.99. The molecule has 3 rings (SSSR count). The van der Waals surface area contributed by atoms with Crippen molar-refractivity contribution < 1.29 is 14.6 Å². The summed E-state index contributed by atoms with van der Waals surface area (Å²) in [7, 11) is 0. The van der Waals surface area contributed by atoms with Crippen LogP contribution < -0.4 is 10.2 Å². The summed E-state index contributed by atoms with van der Waals surface area (Å²) in [6.45, 7) is 5.94. The quantitative estimate of drug-likeness (QED) is 0.721. The molecule has 0 saturated carbocycles. The molecule has 2 N–H and O–H groups in total. The lowest BCUT2D eigenvalue weighted by molar-refractivity contribution is -0.137.